The van der Waals surface area contributed by atoms with Crippen molar-refractivity contribution in [3.05, 3.63) is 35.4 Å². The molecule has 0 aliphatic rings. The summed E-state index contributed by atoms with van der Waals surface area (Å²) in [6.07, 6.45) is 0.924. The lowest BCUT2D eigenvalue weighted by atomic mass is 10.1. The highest BCUT2D eigenvalue weighted by Gasteiger charge is 1.94. The minimum atomic E-state index is -0.311. The average molecular weight is 192 g/mol. The van der Waals surface area contributed by atoms with Crippen LogP contribution in [0.15, 0.2) is 24.3 Å². The average Bonchev–Trinajstić information content (AvgIpc) is 2.15. The van der Waals surface area contributed by atoms with Crippen molar-refractivity contribution >= 4 is 5.91 Å². The van der Waals surface area contributed by atoms with E-state index in [1.54, 1.807) is 0 Å². The molecular formula is C11H16N2O. The lowest BCUT2D eigenvalue weighted by Gasteiger charge is -2.02. The summed E-state index contributed by atoms with van der Waals surface area (Å²) >= 11 is 0. The third kappa shape index (κ3) is 4.05. The predicted octanol–water partition coefficient (Wildman–Crippen LogP) is 0.612. The first kappa shape index (κ1) is 10.7. The number of nitrogens with one attached hydrogen (secondary N) is 1. The van der Waals surface area contributed by atoms with Crippen molar-refractivity contribution in [1.29, 1.82) is 0 Å². The molecule has 0 aliphatic carbocycles. The Morgan fingerprint density at radius 1 is 1.36 bits per heavy atom. The number of rotatable bonds is 5. The number of carbonyl (C=O) groups excluding carboxylic acids is 1. The molecule has 3 heteroatoms. The van der Waals surface area contributed by atoms with Gasteiger partial charge in [-0.2, -0.15) is 0 Å². The van der Waals surface area contributed by atoms with Gasteiger partial charge in [0, 0.05) is 0 Å². The predicted molar refractivity (Wildman–Crippen MR) is 56.9 cm³/mol. The number of amides is 1. The van der Waals surface area contributed by atoms with Crippen LogP contribution in [0.1, 0.15) is 11.1 Å². The highest BCUT2D eigenvalue weighted by molar-refractivity contribution is 5.75. The summed E-state index contributed by atoms with van der Waals surface area (Å²) < 4.78 is 0. The van der Waals surface area contributed by atoms with Crippen LogP contribution in [0.5, 0.6) is 0 Å². The normalized spacial score (nSPS) is 10.1. The first-order valence-electron chi connectivity index (χ1n) is 4.73. The highest BCUT2D eigenvalue weighted by Crippen LogP contribution is 2.02. The van der Waals surface area contributed by atoms with E-state index >= 15 is 0 Å². The molecule has 0 aliphatic heterocycles. The Kier molecular flexibility index (Phi) is 4.13. The molecule has 0 fully saturated rings. The van der Waals surface area contributed by atoms with Gasteiger partial charge in [-0.05, 0) is 25.5 Å². The summed E-state index contributed by atoms with van der Waals surface area (Å²) in [6.45, 7) is 3.10. The van der Waals surface area contributed by atoms with Crippen LogP contribution in [0.3, 0.4) is 0 Å². The topological polar surface area (TPSA) is 55.1 Å². The van der Waals surface area contributed by atoms with E-state index in [4.69, 9.17) is 5.73 Å². The lowest BCUT2D eigenvalue weighted by Crippen LogP contribution is -2.29. The summed E-state index contributed by atoms with van der Waals surface area (Å²) in [5.74, 6) is -0.311. The largest absolute Gasteiger partial charge is 0.369 e. The van der Waals surface area contributed by atoms with Crippen molar-refractivity contribution < 1.29 is 4.79 Å². The van der Waals surface area contributed by atoms with Gasteiger partial charge in [-0.15, -0.1) is 0 Å². The van der Waals surface area contributed by atoms with E-state index in [-0.39, 0.29) is 12.5 Å². The SMILES string of the molecule is Cc1ccc(CCNCC(N)=O)cc1. The standard InChI is InChI=1S/C11H16N2O/c1-9-2-4-10(5-3-9)6-7-13-8-11(12)14/h2-5,13H,6-8H2,1H3,(H2,12,14). The molecule has 3 nitrogen and oxygen atoms in total. The summed E-state index contributed by atoms with van der Waals surface area (Å²) in [6, 6.07) is 8.37. The zero-order valence-electron chi connectivity index (χ0n) is 8.42. The van der Waals surface area contributed by atoms with Crippen molar-refractivity contribution in [1.82, 2.24) is 5.32 Å². The Hall–Kier alpha value is -1.35. The van der Waals surface area contributed by atoms with Crippen LogP contribution in [-0.4, -0.2) is 19.0 Å². The second kappa shape index (κ2) is 5.40. The van der Waals surface area contributed by atoms with Crippen LogP contribution in [-0.2, 0) is 11.2 Å². The first-order valence-corrected chi connectivity index (χ1v) is 4.73. The van der Waals surface area contributed by atoms with Crippen molar-refractivity contribution in [2.75, 3.05) is 13.1 Å². The van der Waals surface area contributed by atoms with Crippen molar-refractivity contribution in [2.45, 2.75) is 13.3 Å². The van der Waals surface area contributed by atoms with Gasteiger partial charge < -0.3 is 11.1 Å². The minimum absolute atomic E-state index is 0.256. The van der Waals surface area contributed by atoms with Crippen LogP contribution in [0.25, 0.3) is 0 Å². The van der Waals surface area contributed by atoms with E-state index in [9.17, 15) is 4.79 Å². The number of hydrogen-bond acceptors (Lipinski definition) is 2. The molecule has 1 aromatic carbocycles. The summed E-state index contributed by atoms with van der Waals surface area (Å²) in [5, 5.41) is 2.97. The second-order valence-electron chi connectivity index (χ2n) is 3.38. The fraction of sp³-hybridized carbons (Fsp3) is 0.364. The molecular weight excluding hydrogens is 176 g/mol. The summed E-state index contributed by atoms with van der Waals surface area (Å²) in [7, 11) is 0. The second-order valence-corrected chi connectivity index (χ2v) is 3.38. The van der Waals surface area contributed by atoms with Gasteiger partial charge in [0.15, 0.2) is 0 Å². The molecule has 0 spiro atoms. The third-order valence-electron chi connectivity index (χ3n) is 2.01. The molecule has 0 unspecified atom stereocenters. The van der Waals surface area contributed by atoms with E-state index < -0.39 is 0 Å². The molecule has 14 heavy (non-hydrogen) atoms. The maximum absolute atomic E-state index is 10.4. The van der Waals surface area contributed by atoms with E-state index in [1.165, 1.54) is 11.1 Å². The minimum Gasteiger partial charge on any atom is -0.369 e. The molecule has 1 aromatic rings. The van der Waals surface area contributed by atoms with Crippen molar-refractivity contribution in [2.24, 2.45) is 5.73 Å². The van der Waals surface area contributed by atoms with E-state index in [1.807, 2.05) is 0 Å². The molecule has 0 bridgehead atoms. The van der Waals surface area contributed by atoms with Gasteiger partial charge in [0.05, 0.1) is 6.54 Å². The van der Waals surface area contributed by atoms with Crippen molar-refractivity contribution in [3.8, 4) is 0 Å². The first-order chi connectivity index (χ1) is 6.68. The van der Waals surface area contributed by atoms with Gasteiger partial charge >= 0.3 is 0 Å². The van der Waals surface area contributed by atoms with Crippen LogP contribution in [0, 0.1) is 6.92 Å². The van der Waals surface area contributed by atoms with Gasteiger partial charge in [0.1, 0.15) is 0 Å². The third-order valence-corrected chi connectivity index (χ3v) is 2.01. The monoisotopic (exact) mass is 192 g/mol. The molecule has 0 heterocycles. The molecule has 0 saturated heterocycles. The van der Waals surface area contributed by atoms with Crippen LogP contribution >= 0.6 is 0 Å². The Morgan fingerprint density at radius 2 is 2.00 bits per heavy atom. The Morgan fingerprint density at radius 3 is 2.57 bits per heavy atom. The number of hydrogen-bond donors (Lipinski definition) is 2. The Bertz CT molecular complexity index is 293. The molecule has 0 atom stereocenters. The zero-order valence-corrected chi connectivity index (χ0v) is 8.42. The highest BCUT2D eigenvalue weighted by atomic mass is 16.1. The molecule has 1 rings (SSSR count). The number of aryl methyl sites for hydroxylation is 1. The van der Waals surface area contributed by atoms with Crippen LogP contribution in [0.4, 0.5) is 0 Å². The molecule has 0 saturated carbocycles. The smallest absolute Gasteiger partial charge is 0.231 e. The molecule has 76 valence electrons. The maximum Gasteiger partial charge on any atom is 0.231 e. The van der Waals surface area contributed by atoms with Gasteiger partial charge in [-0.3, -0.25) is 4.79 Å². The molecule has 0 radical (unpaired) electrons. The molecule has 1 amide bonds. The van der Waals surface area contributed by atoms with Crippen LogP contribution in [0.2, 0.25) is 0 Å². The fourth-order valence-corrected chi connectivity index (χ4v) is 1.20. The molecule has 0 aromatic heterocycles. The van der Waals surface area contributed by atoms with Crippen LogP contribution < -0.4 is 11.1 Å². The Balaban J connectivity index is 2.25. The lowest BCUT2D eigenvalue weighted by molar-refractivity contribution is -0.117. The van der Waals surface area contributed by atoms with Crippen molar-refractivity contribution in [3.63, 3.8) is 0 Å². The van der Waals surface area contributed by atoms with Gasteiger partial charge in [-0.25, -0.2) is 0 Å². The van der Waals surface area contributed by atoms with E-state index in [0.717, 1.165) is 13.0 Å². The molecule has 3 N–H and O–H groups in total. The van der Waals surface area contributed by atoms with Gasteiger partial charge in [-0.1, -0.05) is 29.8 Å². The van der Waals surface area contributed by atoms with Gasteiger partial charge in [0.2, 0.25) is 5.91 Å². The summed E-state index contributed by atoms with van der Waals surface area (Å²) in [5.41, 5.74) is 7.52. The van der Waals surface area contributed by atoms with E-state index in [2.05, 4.69) is 36.5 Å². The maximum atomic E-state index is 10.4. The number of benzene rings is 1. The number of primary amides is 1. The van der Waals surface area contributed by atoms with E-state index in [0.29, 0.717) is 0 Å². The quantitative estimate of drug-likeness (QED) is 0.672. The zero-order chi connectivity index (χ0) is 10.4. The Labute approximate surface area is 84.3 Å². The number of carbonyl (C=O) groups is 1. The number of nitrogens with two attached hydrogens (primary N) is 1. The van der Waals surface area contributed by atoms with Gasteiger partial charge in [0.25, 0.3) is 0 Å². The summed E-state index contributed by atoms with van der Waals surface area (Å²) in [4.78, 5) is 10.4. The fourth-order valence-electron chi connectivity index (χ4n) is 1.20.